The highest BCUT2D eigenvalue weighted by Crippen LogP contribution is 2.23. The Hall–Kier alpha value is -0.870. The minimum absolute atomic E-state index is 0.0396. The maximum Gasteiger partial charge on any atom is 0.240 e. The van der Waals surface area contributed by atoms with E-state index in [1.165, 1.54) is 0 Å². The second-order valence-electron chi connectivity index (χ2n) is 5.53. The molecule has 0 saturated heterocycles. The van der Waals surface area contributed by atoms with Gasteiger partial charge in [-0.2, -0.15) is 0 Å². The molecule has 0 aliphatic rings. The number of sulfonamides is 1. The van der Waals surface area contributed by atoms with Crippen LogP contribution in [0.3, 0.4) is 0 Å². The van der Waals surface area contributed by atoms with Crippen LogP contribution in [-0.4, -0.2) is 15.0 Å². The van der Waals surface area contributed by atoms with Crippen molar-refractivity contribution < 1.29 is 8.42 Å². The second-order valence-corrected chi connectivity index (χ2v) is 7.29. The quantitative estimate of drug-likeness (QED) is 0.835. The lowest BCUT2D eigenvalue weighted by molar-refractivity contribution is 0.576. The predicted octanol–water partition coefficient (Wildman–Crippen LogP) is 3.06. The first-order valence-corrected chi connectivity index (χ1v) is 7.86. The summed E-state index contributed by atoms with van der Waals surface area (Å²) < 4.78 is 26.5. The summed E-state index contributed by atoms with van der Waals surface area (Å²) in [4.78, 5) is 0.339. The molecule has 0 fully saturated rings. The average molecular weight is 269 g/mol. The van der Waals surface area contributed by atoms with E-state index in [1.807, 2.05) is 19.1 Å². The van der Waals surface area contributed by atoms with Gasteiger partial charge in [0.15, 0.2) is 0 Å². The van der Waals surface area contributed by atoms with Crippen LogP contribution in [0.2, 0.25) is 0 Å². The van der Waals surface area contributed by atoms with Crippen LogP contribution in [0.1, 0.15) is 46.1 Å². The first kappa shape index (κ1) is 15.2. The number of hydrogen-bond donors (Lipinski definition) is 1. The molecule has 0 aliphatic carbocycles. The Balaban J connectivity index is 2.85. The van der Waals surface area contributed by atoms with E-state index in [0.29, 0.717) is 11.4 Å². The molecule has 1 aromatic rings. The highest BCUT2D eigenvalue weighted by molar-refractivity contribution is 7.89. The molecule has 1 aromatic carbocycles. The minimum Gasteiger partial charge on any atom is -0.211 e. The van der Waals surface area contributed by atoms with Crippen LogP contribution in [0.4, 0.5) is 0 Å². The molecule has 0 radical (unpaired) electrons. The first-order chi connectivity index (χ1) is 8.27. The van der Waals surface area contributed by atoms with E-state index in [0.717, 1.165) is 18.4 Å². The molecule has 0 amide bonds. The third-order valence-corrected chi connectivity index (χ3v) is 4.33. The minimum atomic E-state index is -3.34. The highest BCUT2D eigenvalue weighted by atomic mass is 32.2. The van der Waals surface area contributed by atoms with E-state index >= 15 is 0 Å². The third kappa shape index (κ3) is 4.10. The van der Waals surface area contributed by atoms with E-state index in [1.54, 1.807) is 12.1 Å². The Bertz CT molecular complexity index is 470. The van der Waals surface area contributed by atoms with Gasteiger partial charge in [-0.3, -0.25) is 0 Å². The molecule has 0 unspecified atom stereocenters. The fourth-order valence-electron chi connectivity index (χ4n) is 1.60. The maximum atomic E-state index is 12.0. The molecule has 0 heterocycles. The molecule has 3 nitrogen and oxygen atoms in total. The maximum absolute atomic E-state index is 12.0. The van der Waals surface area contributed by atoms with Crippen LogP contribution >= 0.6 is 0 Å². The molecule has 1 rings (SSSR count). The van der Waals surface area contributed by atoms with Crippen molar-refractivity contribution >= 4 is 10.0 Å². The summed E-state index contributed by atoms with van der Waals surface area (Å²) in [5.41, 5.74) is 1.17. The van der Waals surface area contributed by atoms with Crippen molar-refractivity contribution in [3.63, 3.8) is 0 Å². The molecule has 18 heavy (non-hydrogen) atoms. The fraction of sp³-hybridized carbons (Fsp3) is 0.571. The van der Waals surface area contributed by atoms with E-state index in [9.17, 15) is 8.42 Å². The predicted molar refractivity (Wildman–Crippen MR) is 75.2 cm³/mol. The van der Waals surface area contributed by atoms with Crippen molar-refractivity contribution in [2.45, 2.75) is 50.8 Å². The van der Waals surface area contributed by atoms with Gasteiger partial charge < -0.3 is 0 Å². The summed E-state index contributed by atoms with van der Waals surface area (Å²) in [6.07, 6.45) is 1.84. The zero-order valence-electron chi connectivity index (χ0n) is 11.7. The van der Waals surface area contributed by atoms with Gasteiger partial charge in [-0.05, 0) is 29.5 Å². The molecule has 4 heteroatoms. The van der Waals surface area contributed by atoms with Crippen LogP contribution in [0, 0.1) is 0 Å². The van der Waals surface area contributed by atoms with Crippen LogP contribution in [0.15, 0.2) is 29.2 Å². The van der Waals surface area contributed by atoms with Gasteiger partial charge in [-0.15, -0.1) is 0 Å². The summed E-state index contributed by atoms with van der Waals surface area (Å²) in [7, 11) is -3.34. The van der Waals surface area contributed by atoms with Crippen molar-refractivity contribution in [2.75, 3.05) is 6.54 Å². The number of unbranched alkanes of at least 4 members (excludes halogenated alkanes) is 1. The van der Waals surface area contributed by atoms with Crippen molar-refractivity contribution in [3.05, 3.63) is 29.8 Å². The first-order valence-electron chi connectivity index (χ1n) is 6.37. The standard InChI is InChI=1S/C14H23NO2S/c1-5-6-11-15-18(16,17)13-9-7-12(8-10-13)14(2,3)4/h7-10,15H,5-6,11H2,1-4H3. The summed E-state index contributed by atoms with van der Waals surface area (Å²) in [6, 6.07) is 7.12. The molecule has 1 N–H and O–H groups in total. The van der Waals surface area contributed by atoms with Crippen LogP contribution in [-0.2, 0) is 15.4 Å². The summed E-state index contributed by atoms with van der Waals surface area (Å²) in [5.74, 6) is 0. The SMILES string of the molecule is CCCCNS(=O)(=O)c1ccc(C(C)(C)C)cc1. The lowest BCUT2D eigenvalue weighted by Gasteiger charge is -2.19. The van der Waals surface area contributed by atoms with Crippen LogP contribution in [0.5, 0.6) is 0 Å². The smallest absolute Gasteiger partial charge is 0.211 e. The second kappa shape index (κ2) is 5.85. The Morgan fingerprint density at radius 1 is 1.11 bits per heavy atom. The van der Waals surface area contributed by atoms with Gasteiger partial charge in [-0.25, -0.2) is 13.1 Å². The number of nitrogens with one attached hydrogen (secondary N) is 1. The number of rotatable bonds is 5. The van der Waals surface area contributed by atoms with Crippen molar-refractivity contribution in [3.8, 4) is 0 Å². The number of benzene rings is 1. The summed E-state index contributed by atoms with van der Waals surface area (Å²) in [5, 5.41) is 0. The monoisotopic (exact) mass is 269 g/mol. The molecule has 0 saturated carbocycles. The Labute approximate surface area is 111 Å². The highest BCUT2D eigenvalue weighted by Gasteiger charge is 2.16. The zero-order chi connectivity index (χ0) is 13.8. The van der Waals surface area contributed by atoms with E-state index in [-0.39, 0.29) is 5.41 Å². The van der Waals surface area contributed by atoms with Gasteiger partial charge in [0.1, 0.15) is 0 Å². The van der Waals surface area contributed by atoms with E-state index < -0.39 is 10.0 Å². The van der Waals surface area contributed by atoms with Crippen LogP contribution in [0.25, 0.3) is 0 Å². The molecule has 0 aliphatic heterocycles. The van der Waals surface area contributed by atoms with Gasteiger partial charge >= 0.3 is 0 Å². The molecule has 0 atom stereocenters. The Morgan fingerprint density at radius 3 is 2.11 bits per heavy atom. The third-order valence-electron chi connectivity index (χ3n) is 2.85. The van der Waals surface area contributed by atoms with Gasteiger partial charge in [0.05, 0.1) is 4.90 Å². The van der Waals surface area contributed by atoms with Gasteiger partial charge in [0.2, 0.25) is 10.0 Å². The fourth-order valence-corrected chi connectivity index (χ4v) is 2.67. The van der Waals surface area contributed by atoms with Crippen molar-refractivity contribution in [1.29, 1.82) is 0 Å². The van der Waals surface area contributed by atoms with Crippen molar-refractivity contribution in [1.82, 2.24) is 4.72 Å². The molecular weight excluding hydrogens is 246 g/mol. The zero-order valence-corrected chi connectivity index (χ0v) is 12.5. The molecular formula is C14H23NO2S. The van der Waals surface area contributed by atoms with Gasteiger partial charge in [0.25, 0.3) is 0 Å². The lowest BCUT2D eigenvalue weighted by Crippen LogP contribution is -2.24. The summed E-state index contributed by atoms with van der Waals surface area (Å²) in [6.45, 7) is 8.86. The largest absolute Gasteiger partial charge is 0.240 e. The van der Waals surface area contributed by atoms with Gasteiger partial charge in [-0.1, -0.05) is 46.2 Å². The van der Waals surface area contributed by atoms with E-state index in [4.69, 9.17) is 0 Å². The number of hydrogen-bond acceptors (Lipinski definition) is 2. The van der Waals surface area contributed by atoms with Gasteiger partial charge in [0, 0.05) is 6.54 Å². The average Bonchev–Trinajstić information content (AvgIpc) is 2.28. The topological polar surface area (TPSA) is 46.2 Å². The lowest BCUT2D eigenvalue weighted by atomic mass is 9.87. The normalized spacial score (nSPS) is 12.7. The molecule has 102 valence electrons. The summed E-state index contributed by atoms with van der Waals surface area (Å²) >= 11 is 0. The molecule has 0 aromatic heterocycles. The van der Waals surface area contributed by atoms with E-state index in [2.05, 4.69) is 25.5 Å². The van der Waals surface area contributed by atoms with Crippen LogP contribution < -0.4 is 4.72 Å². The molecule has 0 spiro atoms. The Morgan fingerprint density at radius 2 is 1.67 bits per heavy atom. The van der Waals surface area contributed by atoms with Crippen molar-refractivity contribution in [2.24, 2.45) is 0 Å². The Kier molecular flexibility index (Phi) is 4.93. The molecule has 0 bridgehead atoms.